The van der Waals surface area contributed by atoms with Crippen LogP contribution in [0, 0.1) is 18.3 Å². The number of nitrogens with zero attached hydrogens (tertiary/aromatic N) is 1. The van der Waals surface area contributed by atoms with Gasteiger partial charge in [-0.15, -0.1) is 11.3 Å². The SMILES string of the molecule is Cc1ccc(C=C(C#N)C(=O)c2c[nH]c3ccccc23)s1. The van der Waals surface area contributed by atoms with Crippen molar-refractivity contribution in [2.75, 3.05) is 0 Å². The van der Waals surface area contributed by atoms with Gasteiger partial charge in [0.05, 0.1) is 0 Å². The average molecular weight is 292 g/mol. The summed E-state index contributed by atoms with van der Waals surface area (Å²) in [4.78, 5) is 17.7. The lowest BCUT2D eigenvalue weighted by atomic mass is 10.0. The van der Waals surface area contributed by atoms with Gasteiger partial charge in [-0.3, -0.25) is 4.79 Å². The van der Waals surface area contributed by atoms with E-state index in [0.717, 1.165) is 20.7 Å². The number of fused-ring (bicyclic) bond motifs is 1. The van der Waals surface area contributed by atoms with Crippen molar-refractivity contribution in [3.63, 3.8) is 0 Å². The number of thiophene rings is 1. The van der Waals surface area contributed by atoms with E-state index in [1.807, 2.05) is 49.4 Å². The molecule has 0 amide bonds. The first-order chi connectivity index (χ1) is 10.2. The minimum atomic E-state index is -0.249. The number of carbonyl (C=O) groups excluding carboxylic acids is 1. The van der Waals surface area contributed by atoms with Crippen LogP contribution in [0.15, 0.2) is 48.2 Å². The van der Waals surface area contributed by atoms with E-state index in [4.69, 9.17) is 0 Å². The van der Waals surface area contributed by atoms with Crippen molar-refractivity contribution in [3.8, 4) is 6.07 Å². The summed E-state index contributed by atoms with van der Waals surface area (Å²) in [6, 6.07) is 13.5. The van der Waals surface area contributed by atoms with Crippen molar-refractivity contribution in [2.45, 2.75) is 6.92 Å². The second-order valence-corrected chi connectivity index (χ2v) is 6.01. The molecule has 0 aliphatic heterocycles. The van der Waals surface area contributed by atoms with E-state index in [-0.39, 0.29) is 11.4 Å². The highest BCUT2D eigenvalue weighted by atomic mass is 32.1. The molecular formula is C17H12N2OS. The number of aromatic nitrogens is 1. The summed E-state index contributed by atoms with van der Waals surface area (Å²) in [5.41, 5.74) is 1.58. The highest BCUT2D eigenvalue weighted by Crippen LogP contribution is 2.23. The van der Waals surface area contributed by atoms with Crippen LogP contribution in [-0.2, 0) is 0 Å². The van der Waals surface area contributed by atoms with Gasteiger partial charge >= 0.3 is 0 Å². The van der Waals surface area contributed by atoms with E-state index in [9.17, 15) is 10.1 Å². The third-order valence-corrected chi connectivity index (χ3v) is 4.19. The Hall–Kier alpha value is -2.64. The second kappa shape index (κ2) is 5.39. The van der Waals surface area contributed by atoms with Gasteiger partial charge < -0.3 is 4.98 Å². The molecule has 0 radical (unpaired) electrons. The molecule has 21 heavy (non-hydrogen) atoms. The Morgan fingerprint density at radius 2 is 2.10 bits per heavy atom. The van der Waals surface area contributed by atoms with Gasteiger partial charge in [0.15, 0.2) is 0 Å². The summed E-state index contributed by atoms with van der Waals surface area (Å²) >= 11 is 1.56. The first-order valence-corrected chi connectivity index (χ1v) is 7.30. The standard InChI is InChI=1S/C17H12N2OS/c1-11-6-7-13(21-11)8-12(9-18)17(20)15-10-19-16-5-3-2-4-14(15)16/h2-8,10,19H,1H3. The molecule has 3 rings (SSSR count). The zero-order valence-corrected chi connectivity index (χ0v) is 12.2. The lowest BCUT2D eigenvalue weighted by Gasteiger charge is -1.97. The van der Waals surface area contributed by atoms with Crippen molar-refractivity contribution in [2.24, 2.45) is 0 Å². The molecule has 2 aromatic heterocycles. The molecule has 0 saturated heterocycles. The number of carbonyl (C=O) groups is 1. The number of aryl methyl sites for hydroxylation is 1. The molecule has 0 aliphatic rings. The van der Waals surface area contributed by atoms with Crippen molar-refractivity contribution >= 4 is 34.1 Å². The number of para-hydroxylation sites is 1. The number of nitriles is 1. The largest absolute Gasteiger partial charge is 0.360 e. The summed E-state index contributed by atoms with van der Waals surface area (Å²) in [6.07, 6.45) is 3.32. The van der Waals surface area contributed by atoms with E-state index < -0.39 is 0 Å². The van der Waals surface area contributed by atoms with Gasteiger partial charge in [0, 0.05) is 32.4 Å². The molecule has 0 saturated carbocycles. The van der Waals surface area contributed by atoms with Gasteiger partial charge in [-0.2, -0.15) is 5.26 Å². The Morgan fingerprint density at radius 1 is 1.29 bits per heavy atom. The van der Waals surface area contributed by atoms with Gasteiger partial charge in [-0.05, 0) is 31.2 Å². The third kappa shape index (κ3) is 2.51. The van der Waals surface area contributed by atoms with Crippen LogP contribution < -0.4 is 0 Å². The van der Waals surface area contributed by atoms with Gasteiger partial charge in [0.2, 0.25) is 5.78 Å². The van der Waals surface area contributed by atoms with Crippen LogP contribution in [0.25, 0.3) is 17.0 Å². The first-order valence-electron chi connectivity index (χ1n) is 6.48. The van der Waals surface area contributed by atoms with Crippen LogP contribution in [0.3, 0.4) is 0 Å². The summed E-state index contributed by atoms with van der Waals surface area (Å²) in [5.74, 6) is -0.249. The lowest BCUT2D eigenvalue weighted by molar-refractivity contribution is 0.104. The number of ketones is 1. The maximum Gasteiger partial charge on any atom is 0.205 e. The highest BCUT2D eigenvalue weighted by molar-refractivity contribution is 7.12. The van der Waals surface area contributed by atoms with E-state index in [0.29, 0.717) is 5.56 Å². The molecule has 3 nitrogen and oxygen atoms in total. The summed E-state index contributed by atoms with van der Waals surface area (Å²) in [5, 5.41) is 10.1. The molecule has 1 aromatic carbocycles. The molecule has 4 heteroatoms. The van der Waals surface area contributed by atoms with Gasteiger partial charge in [0.25, 0.3) is 0 Å². The second-order valence-electron chi connectivity index (χ2n) is 4.70. The molecule has 0 fully saturated rings. The van der Waals surface area contributed by atoms with E-state index in [2.05, 4.69) is 4.98 Å². The van der Waals surface area contributed by atoms with E-state index >= 15 is 0 Å². The van der Waals surface area contributed by atoms with Crippen molar-refractivity contribution in [1.29, 1.82) is 5.26 Å². The van der Waals surface area contributed by atoms with Crippen LogP contribution in [0.2, 0.25) is 0 Å². The van der Waals surface area contributed by atoms with E-state index in [1.165, 1.54) is 0 Å². The zero-order chi connectivity index (χ0) is 14.8. The number of H-pyrrole nitrogens is 1. The quantitative estimate of drug-likeness (QED) is 0.444. The zero-order valence-electron chi connectivity index (χ0n) is 11.4. The molecule has 0 spiro atoms. The highest BCUT2D eigenvalue weighted by Gasteiger charge is 2.16. The fourth-order valence-electron chi connectivity index (χ4n) is 2.23. The van der Waals surface area contributed by atoms with Crippen LogP contribution in [0.5, 0.6) is 0 Å². The van der Waals surface area contributed by atoms with Crippen molar-refractivity contribution in [3.05, 3.63) is 63.5 Å². The topological polar surface area (TPSA) is 56.6 Å². The van der Waals surface area contributed by atoms with Crippen LogP contribution in [0.4, 0.5) is 0 Å². The molecule has 3 aromatic rings. The molecule has 0 atom stereocenters. The molecule has 0 unspecified atom stereocenters. The number of nitrogens with one attached hydrogen (secondary N) is 1. The monoisotopic (exact) mass is 292 g/mol. The Bertz CT molecular complexity index is 893. The predicted molar refractivity (Wildman–Crippen MR) is 85.3 cm³/mol. The average Bonchev–Trinajstić information content (AvgIpc) is 3.10. The normalized spacial score (nSPS) is 11.5. The molecule has 102 valence electrons. The number of aromatic amines is 1. The number of hydrogen-bond acceptors (Lipinski definition) is 3. The Balaban J connectivity index is 2.04. The molecule has 2 heterocycles. The minimum absolute atomic E-state index is 0.154. The number of rotatable bonds is 3. The molecule has 0 aliphatic carbocycles. The molecule has 1 N–H and O–H groups in total. The van der Waals surface area contributed by atoms with Gasteiger partial charge in [-0.1, -0.05) is 18.2 Å². The van der Waals surface area contributed by atoms with Crippen LogP contribution >= 0.6 is 11.3 Å². The van der Waals surface area contributed by atoms with Gasteiger partial charge in [0.1, 0.15) is 11.6 Å². The number of allylic oxidation sites excluding steroid dienone is 1. The fraction of sp³-hybridized carbons (Fsp3) is 0.0588. The number of benzene rings is 1. The summed E-state index contributed by atoms with van der Waals surface area (Å²) in [6.45, 7) is 2.00. The van der Waals surface area contributed by atoms with Gasteiger partial charge in [-0.25, -0.2) is 0 Å². The molecule has 0 bridgehead atoms. The maximum atomic E-state index is 12.6. The van der Waals surface area contributed by atoms with Crippen molar-refractivity contribution < 1.29 is 4.79 Å². The lowest BCUT2D eigenvalue weighted by Crippen LogP contribution is -2.00. The summed E-state index contributed by atoms with van der Waals surface area (Å²) in [7, 11) is 0. The third-order valence-electron chi connectivity index (χ3n) is 3.25. The Morgan fingerprint density at radius 3 is 2.81 bits per heavy atom. The fourth-order valence-corrected chi connectivity index (χ4v) is 3.05. The van der Waals surface area contributed by atoms with Crippen molar-refractivity contribution in [1.82, 2.24) is 4.98 Å². The summed E-state index contributed by atoms with van der Waals surface area (Å²) < 4.78 is 0. The van der Waals surface area contributed by atoms with E-state index in [1.54, 1.807) is 23.6 Å². The Kier molecular flexibility index (Phi) is 3.43. The first kappa shape index (κ1) is 13.3. The Labute approximate surface area is 126 Å². The van der Waals surface area contributed by atoms with Crippen LogP contribution in [0.1, 0.15) is 20.1 Å². The molecular weight excluding hydrogens is 280 g/mol. The number of hydrogen-bond donors (Lipinski definition) is 1. The minimum Gasteiger partial charge on any atom is -0.360 e. The predicted octanol–water partition coefficient (Wildman–Crippen LogP) is 4.33. The maximum absolute atomic E-state index is 12.6. The number of Topliss-reactive ketones (excluding diaryl/α,β-unsaturated/α-hetero) is 1. The smallest absolute Gasteiger partial charge is 0.205 e. The van der Waals surface area contributed by atoms with Crippen LogP contribution in [-0.4, -0.2) is 10.8 Å².